The maximum atomic E-state index is 13.7. The van der Waals surface area contributed by atoms with E-state index in [9.17, 15) is 4.79 Å². The third kappa shape index (κ3) is 5.29. The molecule has 1 atom stereocenters. The number of carbonyl (C=O) groups excluding carboxylic acids is 1. The number of halogens is 1. The normalized spacial score (nSPS) is 14.5. The molecule has 37 heavy (non-hydrogen) atoms. The van der Waals surface area contributed by atoms with Gasteiger partial charge in [-0.2, -0.15) is 10.1 Å². The minimum atomic E-state index is -0.517. The van der Waals surface area contributed by atoms with Gasteiger partial charge in [0, 0.05) is 10.7 Å². The molecule has 2 N–H and O–H groups in total. The third-order valence-corrected chi connectivity index (χ3v) is 6.22. The Hall–Kier alpha value is -4.30. The van der Waals surface area contributed by atoms with Crippen LogP contribution in [0.3, 0.4) is 0 Å². The van der Waals surface area contributed by atoms with Gasteiger partial charge in [-0.1, -0.05) is 48.0 Å². The molecule has 2 heterocycles. The number of hydrogen-bond acceptors (Lipinski definition) is 6. The summed E-state index contributed by atoms with van der Waals surface area (Å²) in [5.74, 6) is 1.57. The predicted octanol–water partition coefficient (Wildman–Crippen LogP) is 5.84. The predicted molar refractivity (Wildman–Crippen MR) is 143 cm³/mol. The lowest BCUT2D eigenvalue weighted by Crippen LogP contribution is -2.31. The van der Waals surface area contributed by atoms with Crippen LogP contribution >= 0.6 is 11.6 Å². The molecule has 0 saturated carbocycles. The monoisotopic (exact) mass is 515 g/mol. The molecule has 4 aromatic rings. The number of nitrogens with one attached hydrogen (secondary N) is 2. The molecule has 1 aromatic heterocycles. The first-order chi connectivity index (χ1) is 18.0. The van der Waals surface area contributed by atoms with E-state index in [0.29, 0.717) is 52.6 Å². The molecule has 0 bridgehead atoms. The molecule has 0 radical (unpaired) electrons. The zero-order chi connectivity index (χ0) is 25.8. The molecule has 0 aliphatic carbocycles. The summed E-state index contributed by atoms with van der Waals surface area (Å²) in [6.45, 7) is 4.64. The highest BCUT2D eigenvalue weighted by atomic mass is 35.5. The molecule has 188 valence electrons. The molecular weight excluding hydrogens is 490 g/mol. The van der Waals surface area contributed by atoms with E-state index in [0.717, 1.165) is 11.1 Å². The van der Waals surface area contributed by atoms with Crippen molar-refractivity contribution in [2.45, 2.75) is 26.5 Å². The second-order valence-electron chi connectivity index (χ2n) is 8.47. The van der Waals surface area contributed by atoms with Gasteiger partial charge >= 0.3 is 0 Å². The summed E-state index contributed by atoms with van der Waals surface area (Å²) in [7, 11) is 0. The van der Waals surface area contributed by atoms with E-state index >= 15 is 0 Å². The fourth-order valence-corrected chi connectivity index (χ4v) is 4.38. The fourth-order valence-electron chi connectivity index (χ4n) is 4.26. The number of anilines is 2. The first-order valence-corrected chi connectivity index (χ1v) is 12.3. The Morgan fingerprint density at radius 1 is 1.08 bits per heavy atom. The van der Waals surface area contributed by atoms with Crippen molar-refractivity contribution in [3.8, 4) is 11.5 Å². The average Bonchev–Trinajstić information content (AvgIpc) is 3.37. The van der Waals surface area contributed by atoms with Gasteiger partial charge < -0.3 is 20.1 Å². The highest BCUT2D eigenvalue weighted by Crippen LogP contribution is 2.37. The lowest BCUT2D eigenvalue weighted by atomic mass is 9.94. The maximum Gasteiger partial charge on any atom is 0.255 e. The number of rotatable bonds is 8. The summed E-state index contributed by atoms with van der Waals surface area (Å²) in [6, 6.07) is 22.0. The van der Waals surface area contributed by atoms with Gasteiger partial charge in [0.05, 0.1) is 17.9 Å². The lowest BCUT2D eigenvalue weighted by Gasteiger charge is -2.29. The molecule has 1 aliphatic heterocycles. The Kier molecular flexibility index (Phi) is 7.09. The summed E-state index contributed by atoms with van der Waals surface area (Å²) in [6.07, 6.45) is 1.47. The van der Waals surface area contributed by atoms with Crippen molar-refractivity contribution in [1.29, 1.82) is 0 Å². The van der Waals surface area contributed by atoms with Gasteiger partial charge in [0.2, 0.25) is 5.95 Å². The van der Waals surface area contributed by atoms with Crippen LogP contribution in [0.2, 0.25) is 5.02 Å². The number of nitrogens with zero attached hydrogens (tertiary/aromatic N) is 3. The smallest absolute Gasteiger partial charge is 0.255 e. The van der Waals surface area contributed by atoms with E-state index in [4.69, 9.17) is 21.1 Å². The van der Waals surface area contributed by atoms with Gasteiger partial charge in [-0.3, -0.25) is 4.79 Å². The molecular formula is C28H26ClN5O3. The SMILES string of the molecule is CCOc1ccccc1NC(=O)C1=C(C)Nc2ncnn2C1c1cccc(OCc2ccc(Cl)cc2)c1. The van der Waals surface area contributed by atoms with Crippen molar-refractivity contribution in [3.63, 3.8) is 0 Å². The van der Waals surface area contributed by atoms with Crippen LogP contribution in [0.15, 0.2) is 90.4 Å². The molecule has 0 fully saturated rings. The van der Waals surface area contributed by atoms with Gasteiger partial charge in [0.25, 0.3) is 5.91 Å². The van der Waals surface area contributed by atoms with E-state index in [1.54, 1.807) is 4.68 Å². The number of allylic oxidation sites excluding steroid dienone is 1. The van der Waals surface area contributed by atoms with Crippen LogP contribution in [0.25, 0.3) is 0 Å². The summed E-state index contributed by atoms with van der Waals surface area (Å²) >= 11 is 5.99. The highest BCUT2D eigenvalue weighted by molar-refractivity contribution is 6.30. The van der Waals surface area contributed by atoms with Crippen molar-refractivity contribution < 1.29 is 14.3 Å². The number of benzene rings is 3. The highest BCUT2D eigenvalue weighted by Gasteiger charge is 2.34. The van der Waals surface area contributed by atoms with Crippen molar-refractivity contribution in [3.05, 3.63) is 107 Å². The van der Waals surface area contributed by atoms with Gasteiger partial charge in [0.15, 0.2) is 0 Å². The number of ether oxygens (including phenoxy) is 2. The quantitative estimate of drug-likeness (QED) is 0.306. The van der Waals surface area contributed by atoms with Crippen LogP contribution in [0.1, 0.15) is 31.0 Å². The number of aromatic nitrogens is 3. The van der Waals surface area contributed by atoms with Crippen molar-refractivity contribution in [2.75, 3.05) is 17.2 Å². The number of hydrogen-bond donors (Lipinski definition) is 2. The topological polar surface area (TPSA) is 90.3 Å². The zero-order valence-corrected chi connectivity index (χ0v) is 21.2. The standard InChI is InChI=1S/C28H26ClN5O3/c1-3-36-24-10-5-4-9-23(24)33-27(35)25-18(2)32-28-30-17-31-34(28)26(25)20-7-6-8-22(15-20)37-16-19-11-13-21(29)14-12-19/h4-15,17,26H,3,16H2,1-2H3,(H,33,35)(H,30,31,32). The van der Waals surface area contributed by atoms with E-state index in [1.165, 1.54) is 6.33 Å². The van der Waals surface area contributed by atoms with E-state index in [1.807, 2.05) is 86.6 Å². The molecule has 1 amide bonds. The molecule has 0 spiro atoms. The molecule has 0 saturated heterocycles. The third-order valence-electron chi connectivity index (χ3n) is 5.97. The number of fused-ring (bicyclic) bond motifs is 1. The van der Waals surface area contributed by atoms with Crippen LogP contribution in [-0.2, 0) is 11.4 Å². The Labute approximate surface area is 219 Å². The van der Waals surface area contributed by atoms with Gasteiger partial charge in [0.1, 0.15) is 30.5 Å². The van der Waals surface area contributed by atoms with Gasteiger partial charge in [-0.25, -0.2) is 4.68 Å². The average molecular weight is 516 g/mol. The van der Waals surface area contributed by atoms with Crippen molar-refractivity contribution in [1.82, 2.24) is 14.8 Å². The van der Waals surface area contributed by atoms with E-state index < -0.39 is 6.04 Å². The first-order valence-electron chi connectivity index (χ1n) is 11.9. The van der Waals surface area contributed by atoms with Crippen LogP contribution in [0, 0.1) is 0 Å². The summed E-state index contributed by atoms with van der Waals surface area (Å²) < 4.78 is 13.5. The number of amides is 1. The summed E-state index contributed by atoms with van der Waals surface area (Å²) in [4.78, 5) is 18.0. The largest absolute Gasteiger partial charge is 0.492 e. The second kappa shape index (κ2) is 10.8. The summed E-state index contributed by atoms with van der Waals surface area (Å²) in [5, 5.41) is 11.3. The van der Waals surface area contributed by atoms with Crippen molar-refractivity contribution >= 4 is 29.1 Å². The van der Waals surface area contributed by atoms with Crippen LogP contribution in [0.4, 0.5) is 11.6 Å². The fraction of sp³-hybridized carbons (Fsp3) is 0.179. The van der Waals surface area contributed by atoms with Crippen LogP contribution in [-0.4, -0.2) is 27.3 Å². The Bertz CT molecular complexity index is 1450. The maximum absolute atomic E-state index is 13.7. The van der Waals surface area contributed by atoms with Crippen LogP contribution in [0.5, 0.6) is 11.5 Å². The molecule has 3 aromatic carbocycles. The minimum Gasteiger partial charge on any atom is -0.492 e. The Morgan fingerprint density at radius 3 is 2.70 bits per heavy atom. The van der Waals surface area contributed by atoms with Crippen molar-refractivity contribution in [2.24, 2.45) is 0 Å². The molecule has 1 unspecified atom stereocenters. The lowest BCUT2D eigenvalue weighted by molar-refractivity contribution is -0.113. The Balaban J connectivity index is 1.45. The number of carbonyl (C=O) groups is 1. The molecule has 9 heteroatoms. The molecule has 1 aliphatic rings. The van der Waals surface area contributed by atoms with E-state index in [-0.39, 0.29) is 5.91 Å². The van der Waals surface area contributed by atoms with Gasteiger partial charge in [-0.15, -0.1) is 0 Å². The van der Waals surface area contributed by atoms with E-state index in [2.05, 4.69) is 20.7 Å². The first kappa shape index (κ1) is 24.4. The summed E-state index contributed by atoms with van der Waals surface area (Å²) in [5.41, 5.74) is 3.63. The molecule has 8 nitrogen and oxygen atoms in total. The zero-order valence-electron chi connectivity index (χ0n) is 20.4. The minimum absolute atomic E-state index is 0.268. The second-order valence-corrected chi connectivity index (χ2v) is 8.90. The van der Waals surface area contributed by atoms with Gasteiger partial charge in [-0.05, 0) is 61.4 Å². The van der Waals surface area contributed by atoms with Crippen LogP contribution < -0.4 is 20.1 Å². The Morgan fingerprint density at radius 2 is 1.89 bits per heavy atom. The molecule has 5 rings (SSSR count). The number of para-hydroxylation sites is 2.